The van der Waals surface area contributed by atoms with Crippen LogP contribution in [0, 0.1) is 0 Å². The van der Waals surface area contributed by atoms with Crippen LogP contribution >= 0.6 is 0 Å². The first-order valence-electron chi connectivity index (χ1n) is 7.11. The van der Waals surface area contributed by atoms with E-state index in [-0.39, 0.29) is 0 Å². The van der Waals surface area contributed by atoms with Gasteiger partial charge >= 0.3 is 0 Å². The molecule has 3 heteroatoms. The molecule has 0 radical (unpaired) electrons. The van der Waals surface area contributed by atoms with Gasteiger partial charge in [-0.1, -0.05) is 38.1 Å². The summed E-state index contributed by atoms with van der Waals surface area (Å²) in [6.07, 6.45) is 7.89. The average molecular weight is 257 g/mol. The number of nitrogens with one attached hydrogen (secondary N) is 1. The van der Waals surface area contributed by atoms with E-state index in [1.807, 2.05) is 18.7 Å². The first kappa shape index (κ1) is 13.8. The lowest BCUT2D eigenvalue weighted by molar-refractivity contribution is 0.492. The number of nitrogens with zero attached hydrogens (tertiary/aromatic N) is 2. The number of hydrogen-bond donors (Lipinski definition) is 1. The Morgan fingerprint density at radius 2 is 2.00 bits per heavy atom. The van der Waals surface area contributed by atoms with Crippen LogP contribution in [0.5, 0.6) is 0 Å². The molecule has 0 bridgehead atoms. The van der Waals surface area contributed by atoms with Gasteiger partial charge in [0, 0.05) is 31.5 Å². The van der Waals surface area contributed by atoms with E-state index in [0.717, 1.165) is 25.9 Å². The largest absolute Gasteiger partial charge is 0.336 e. The van der Waals surface area contributed by atoms with E-state index >= 15 is 0 Å². The molecule has 2 aromatic rings. The summed E-state index contributed by atoms with van der Waals surface area (Å²) in [6, 6.07) is 9.40. The third-order valence-corrected chi connectivity index (χ3v) is 3.52. The molecule has 1 heterocycles. The van der Waals surface area contributed by atoms with Crippen LogP contribution < -0.4 is 5.32 Å². The Kier molecular flexibility index (Phi) is 5.16. The second-order valence-corrected chi connectivity index (χ2v) is 4.81. The summed E-state index contributed by atoms with van der Waals surface area (Å²) in [4.78, 5) is 4.05. The lowest BCUT2D eigenvalue weighted by Crippen LogP contribution is -2.24. The fourth-order valence-corrected chi connectivity index (χ4v) is 2.27. The highest BCUT2D eigenvalue weighted by Crippen LogP contribution is 2.17. The lowest BCUT2D eigenvalue weighted by atomic mass is 10.0. The van der Waals surface area contributed by atoms with Crippen molar-refractivity contribution in [2.24, 2.45) is 0 Å². The molecule has 102 valence electrons. The first-order chi connectivity index (χ1) is 9.33. The van der Waals surface area contributed by atoms with Crippen molar-refractivity contribution in [3.8, 4) is 0 Å². The van der Waals surface area contributed by atoms with Crippen molar-refractivity contribution >= 4 is 0 Å². The molecule has 0 aliphatic heterocycles. The molecule has 0 saturated carbocycles. The molecule has 0 amide bonds. The van der Waals surface area contributed by atoms with Gasteiger partial charge < -0.3 is 9.88 Å². The smallest absolute Gasteiger partial charge is 0.0946 e. The lowest BCUT2D eigenvalue weighted by Gasteiger charge is -2.18. The Balaban J connectivity index is 1.88. The Morgan fingerprint density at radius 1 is 1.21 bits per heavy atom. The van der Waals surface area contributed by atoms with E-state index in [0.29, 0.717) is 6.04 Å². The van der Waals surface area contributed by atoms with Crippen LogP contribution in [0.25, 0.3) is 0 Å². The maximum atomic E-state index is 4.05. The summed E-state index contributed by atoms with van der Waals surface area (Å²) in [5.41, 5.74) is 2.78. The molecule has 19 heavy (non-hydrogen) atoms. The van der Waals surface area contributed by atoms with Gasteiger partial charge in [-0.15, -0.1) is 0 Å². The minimum atomic E-state index is 0.439. The van der Waals surface area contributed by atoms with Crippen molar-refractivity contribution in [3.05, 3.63) is 54.1 Å². The van der Waals surface area contributed by atoms with E-state index in [9.17, 15) is 0 Å². The molecule has 0 aliphatic rings. The van der Waals surface area contributed by atoms with Gasteiger partial charge in [-0.3, -0.25) is 0 Å². The quantitative estimate of drug-likeness (QED) is 0.825. The maximum Gasteiger partial charge on any atom is 0.0946 e. The zero-order valence-corrected chi connectivity index (χ0v) is 11.8. The molecule has 1 atom stereocenters. The molecule has 1 unspecified atom stereocenters. The molecule has 2 rings (SSSR count). The molecular weight excluding hydrogens is 234 g/mol. The number of benzene rings is 1. The summed E-state index contributed by atoms with van der Waals surface area (Å²) in [5.74, 6) is 0. The van der Waals surface area contributed by atoms with Crippen LogP contribution in [0.4, 0.5) is 0 Å². The average Bonchev–Trinajstić information content (AvgIpc) is 2.97. The van der Waals surface area contributed by atoms with Gasteiger partial charge in [-0.05, 0) is 24.0 Å². The number of rotatable bonds is 7. The summed E-state index contributed by atoms with van der Waals surface area (Å²) in [5, 5.41) is 3.61. The van der Waals surface area contributed by atoms with Crippen LogP contribution in [0.2, 0.25) is 0 Å². The topological polar surface area (TPSA) is 29.9 Å². The van der Waals surface area contributed by atoms with Gasteiger partial charge in [-0.2, -0.15) is 0 Å². The zero-order valence-electron chi connectivity index (χ0n) is 11.8. The fourth-order valence-electron chi connectivity index (χ4n) is 2.27. The molecule has 0 aliphatic carbocycles. The maximum absolute atomic E-state index is 4.05. The summed E-state index contributed by atoms with van der Waals surface area (Å²) in [6.45, 7) is 6.34. The number of imidazole rings is 1. The predicted molar refractivity (Wildman–Crippen MR) is 79.1 cm³/mol. The van der Waals surface area contributed by atoms with Gasteiger partial charge in [0.2, 0.25) is 0 Å². The van der Waals surface area contributed by atoms with E-state index in [4.69, 9.17) is 0 Å². The van der Waals surface area contributed by atoms with Crippen molar-refractivity contribution in [1.82, 2.24) is 14.9 Å². The summed E-state index contributed by atoms with van der Waals surface area (Å²) in [7, 11) is 0. The minimum absolute atomic E-state index is 0.439. The minimum Gasteiger partial charge on any atom is -0.336 e. The van der Waals surface area contributed by atoms with E-state index in [1.54, 1.807) is 0 Å². The summed E-state index contributed by atoms with van der Waals surface area (Å²) < 4.78 is 2.10. The highest BCUT2D eigenvalue weighted by Gasteiger charge is 2.07. The number of aromatic nitrogens is 2. The Morgan fingerprint density at radius 3 is 2.58 bits per heavy atom. The van der Waals surface area contributed by atoms with Crippen LogP contribution in [-0.4, -0.2) is 16.1 Å². The SMILES string of the molecule is CCc1ccc(C(CC)NCCn2ccnc2)cc1. The zero-order chi connectivity index (χ0) is 13.5. The van der Waals surface area contributed by atoms with Gasteiger partial charge in [0.1, 0.15) is 0 Å². The molecule has 0 fully saturated rings. The van der Waals surface area contributed by atoms with Gasteiger partial charge in [0.25, 0.3) is 0 Å². The van der Waals surface area contributed by atoms with Crippen molar-refractivity contribution in [1.29, 1.82) is 0 Å². The monoisotopic (exact) mass is 257 g/mol. The Bertz CT molecular complexity index is 459. The number of aryl methyl sites for hydroxylation is 1. The second-order valence-electron chi connectivity index (χ2n) is 4.81. The molecule has 0 spiro atoms. The van der Waals surface area contributed by atoms with E-state index in [2.05, 4.69) is 53.0 Å². The molecule has 0 saturated heterocycles. The van der Waals surface area contributed by atoms with Crippen molar-refractivity contribution in [3.63, 3.8) is 0 Å². The Hall–Kier alpha value is -1.61. The molecule has 1 aromatic heterocycles. The van der Waals surface area contributed by atoms with E-state index in [1.165, 1.54) is 11.1 Å². The van der Waals surface area contributed by atoms with Crippen LogP contribution in [0.3, 0.4) is 0 Å². The highest BCUT2D eigenvalue weighted by atomic mass is 15.0. The van der Waals surface area contributed by atoms with Crippen molar-refractivity contribution in [2.75, 3.05) is 6.54 Å². The van der Waals surface area contributed by atoms with Crippen molar-refractivity contribution < 1.29 is 0 Å². The molecule has 1 aromatic carbocycles. The Labute approximate surface area is 115 Å². The second kappa shape index (κ2) is 7.10. The third kappa shape index (κ3) is 3.93. The van der Waals surface area contributed by atoms with Crippen LogP contribution in [0.1, 0.15) is 37.4 Å². The third-order valence-electron chi connectivity index (χ3n) is 3.52. The molecular formula is C16H23N3. The van der Waals surface area contributed by atoms with E-state index < -0.39 is 0 Å². The van der Waals surface area contributed by atoms with Gasteiger partial charge in [0.15, 0.2) is 0 Å². The summed E-state index contributed by atoms with van der Waals surface area (Å²) >= 11 is 0. The predicted octanol–water partition coefficient (Wildman–Crippen LogP) is 3.19. The fraction of sp³-hybridized carbons (Fsp3) is 0.438. The standard InChI is InChI=1S/C16H23N3/c1-3-14-5-7-15(8-6-14)16(4-2)18-10-12-19-11-9-17-13-19/h5-9,11,13,16,18H,3-4,10,12H2,1-2H3. The van der Waals surface area contributed by atoms with Gasteiger partial charge in [-0.25, -0.2) is 4.98 Å². The normalized spacial score (nSPS) is 12.5. The van der Waals surface area contributed by atoms with Crippen molar-refractivity contribution in [2.45, 2.75) is 39.3 Å². The molecule has 3 nitrogen and oxygen atoms in total. The number of hydrogen-bond acceptors (Lipinski definition) is 2. The van der Waals surface area contributed by atoms with Crippen LogP contribution in [0.15, 0.2) is 43.0 Å². The molecule has 1 N–H and O–H groups in total. The van der Waals surface area contributed by atoms with Gasteiger partial charge in [0.05, 0.1) is 6.33 Å². The first-order valence-corrected chi connectivity index (χ1v) is 7.11. The highest BCUT2D eigenvalue weighted by molar-refractivity contribution is 5.24. The van der Waals surface area contributed by atoms with Crippen LogP contribution in [-0.2, 0) is 13.0 Å².